The third kappa shape index (κ3) is 3.06. The second-order valence-electron chi connectivity index (χ2n) is 4.06. The van der Waals surface area contributed by atoms with Crippen LogP contribution in [0.1, 0.15) is 19.8 Å². The number of ether oxygens (including phenoxy) is 1. The van der Waals surface area contributed by atoms with Crippen LogP contribution in [0.4, 0.5) is 13.2 Å². The topological polar surface area (TPSA) is 38.5 Å². The summed E-state index contributed by atoms with van der Waals surface area (Å²) in [5, 5.41) is 0. The van der Waals surface area contributed by atoms with Crippen molar-refractivity contribution in [1.29, 1.82) is 0 Å². The third-order valence-corrected chi connectivity index (χ3v) is 2.74. The molecule has 0 spiro atoms. The molecule has 3 unspecified atom stereocenters. The Balaban J connectivity index is 2.78. The minimum Gasteiger partial charge on any atom is -0.383 e. The molecule has 1 fully saturated rings. The van der Waals surface area contributed by atoms with E-state index in [-0.39, 0.29) is 12.6 Å². The fourth-order valence-electron chi connectivity index (χ4n) is 2.27. The zero-order valence-corrected chi connectivity index (χ0v) is 8.92. The molecular weight excluding hydrogens is 209 g/mol. The van der Waals surface area contributed by atoms with Gasteiger partial charge in [0.2, 0.25) is 0 Å². The lowest BCUT2D eigenvalue weighted by Gasteiger charge is -2.43. The van der Waals surface area contributed by atoms with Gasteiger partial charge in [0.1, 0.15) is 0 Å². The molecular formula is C9H17F3N2O. The molecule has 0 aliphatic carbocycles. The van der Waals surface area contributed by atoms with Gasteiger partial charge >= 0.3 is 6.30 Å². The summed E-state index contributed by atoms with van der Waals surface area (Å²) in [5.74, 6) is 0. The molecule has 1 aliphatic rings. The highest BCUT2D eigenvalue weighted by Gasteiger charge is 2.47. The van der Waals surface area contributed by atoms with Crippen LogP contribution in [0.2, 0.25) is 0 Å². The lowest BCUT2D eigenvalue weighted by atomic mass is 9.93. The molecule has 3 nitrogen and oxygen atoms in total. The van der Waals surface area contributed by atoms with Crippen molar-refractivity contribution in [2.45, 2.75) is 44.2 Å². The number of methoxy groups -OCH3 is 1. The second-order valence-corrected chi connectivity index (χ2v) is 4.06. The first-order valence-electron chi connectivity index (χ1n) is 4.96. The van der Waals surface area contributed by atoms with E-state index >= 15 is 0 Å². The molecule has 1 aliphatic heterocycles. The summed E-state index contributed by atoms with van der Waals surface area (Å²) in [5.41, 5.74) is 5.70. The Morgan fingerprint density at radius 1 is 1.40 bits per heavy atom. The molecule has 3 atom stereocenters. The minimum atomic E-state index is -4.30. The number of halogens is 3. The van der Waals surface area contributed by atoms with Gasteiger partial charge < -0.3 is 10.5 Å². The Labute approximate surface area is 87.4 Å². The Bertz CT molecular complexity index is 210. The molecule has 6 heteroatoms. The van der Waals surface area contributed by atoms with Crippen LogP contribution in [-0.2, 0) is 4.74 Å². The summed E-state index contributed by atoms with van der Waals surface area (Å²) in [7, 11) is 1.40. The van der Waals surface area contributed by atoms with Gasteiger partial charge in [-0.3, -0.25) is 0 Å². The first-order valence-corrected chi connectivity index (χ1v) is 4.96. The zero-order chi connectivity index (χ0) is 11.6. The molecule has 15 heavy (non-hydrogen) atoms. The van der Waals surface area contributed by atoms with Crippen LogP contribution < -0.4 is 5.73 Å². The Hall–Kier alpha value is -0.330. The van der Waals surface area contributed by atoms with E-state index in [4.69, 9.17) is 10.5 Å². The summed E-state index contributed by atoms with van der Waals surface area (Å²) >= 11 is 0. The summed E-state index contributed by atoms with van der Waals surface area (Å²) in [6.07, 6.45) is -3.60. The van der Waals surface area contributed by atoms with Crippen molar-refractivity contribution >= 4 is 0 Å². The van der Waals surface area contributed by atoms with E-state index in [0.717, 1.165) is 0 Å². The zero-order valence-electron chi connectivity index (χ0n) is 8.92. The minimum absolute atomic E-state index is 0.0670. The van der Waals surface area contributed by atoms with Crippen LogP contribution in [0.3, 0.4) is 0 Å². The van der Waals surface area contributed by atoms with Crippen molar-refractivity contribution in [2.24, 2.45) is 5.73 Å². The van der Waals surface area contributed by atoms with Crippen molar-refractivity contribution < 1.29 is 17.9 Å². The average molecular weight is 226 g/mol. The predicted octanol–water partition coefficient (Wildman–Crippen LogP) is 1.33. The van der Waals surface area contributed by atoms with Gasteiger partial charge in [-0.05, 0) is 19.8 Å². The lowest BCUT2D eigenvalue weighted by Crippen LogP contribution is -2.58. The largest absolute Gasteiger partial charge is 0.460 e. The van der Waals surface area contributed by atoms with Gasteiger partial charge in [0.05, 0.1) is 6.61 Å². The van der Waals surface area contributed by atoms with E-state index in [9.17, 15) is 13.2 Å². The number of likely N-dealkylation sites (tertiary alicyclic amines) is 1. The molecule has 0 aromatic heterocycles. The van der Waals surface area contributed by atoms with E-state index in [2.05, 4.69) is 0 Å². The number of nitrogens with two attached hydrogens (primary N) is 1. The first-order chi connectivity index (χ1) is 6.86. The van der Waals surface area contributed by atoms with E-state index < -0.39 is 18.4 Å². The molecule has 0 aromatic carbocycles. The van der Waals surface area contributed by atoms with Gasteiger partial charge in [-0.25, -0.2) is 4.90 Å². The predicted molar refractivity (Wildman–Crippen MR) is 50.2 cm³/mol. The molecule has 1 rings (SSSR count). The highest BCUT2D eigenvalue weighted by atomic mass is 19.4. The number of hydrogen-bond donors (Lipinski definition) is 1. The lowest BCUT2D eigenvalue weighted by molar-refractivity contribution is -0.281. The third-order valence-electron chi connectivity index (χ3n) is 2.74. The van der Waals surface area contributed by atoms with E-state index in [1.165, 1.54) is 7.11 Å². The molecule has 0 amide bonds. The standard InChI is InChI=1S/C9H17F3N2O/c1-6-3-7(13)4-8(5-15-2)14(6)9(10,11)12/h6-8H,3-5,13H2,1-2H3. The van der Waals surface area contributed by atoms with Crippen molar-refractivity contribution in [1.82, 2.24) is 4.90 Å². The van der Waals surface area contributed by atoms with Crippen molar-refractivity contribution in [3.05, 3.63) is 0 Å². The van der Waals surface area contributed by atoms with Crippen molar-refractivity contribution in [3.8, 4) is 0 Å². The molecule has 0 radical (unpaired) electrons. The molecule has 0 bridgehead atoms. The van der Waals surface area contributed by atoms with Gasteiger partial charge in [-0.1, -0.05) is 0 Å². The Morgan fingerprint density at radius 3 is 2.47 bits per heavy atom. The van der Waals surface area contributed by atoms with Crippen LogP contribution in [0.15, 0.2) is 0 Å². The fourth-order valence-corrected chi connectivity index (χ4v) is 2.27. The summed E-state index contributed by atoms with van der Waals surface area (Å²) < 4.78 is 43.0. The molecule has 0 saturated carbocycles. The Kier molecular flexibility index (Phi) is 3.97. The van der Waals surface area contributed by atoms with Crippen LogP contribution in [0, 0.1) is 0 Å². The van der Waals surface area contributed by atoms with Gasteiger partial charge in [0.15, 0.2) is 0 Å². The number of rotatable bonds is 2. The number of hydrogen-bond acceptors (Lipinski definition) is 3. The maximum atomic E-state index is 12.7. The molecule has 90 valence electrons. The van der Waals surface area contributed by atoms with Crippen LogP contribution in [0.5, 0.6) is 0 Å². The molecule has 0 aromatic rings. The number of alkyl halides is 3. The van der Waals surface area contributed by atoms with Gasteiger partial charge in [-0.2, -0.15) is 13.2 Å². The normalized spacial score (nSPS) is 34.4. The average Bonchev–Trinajstić information content (AvgIpc) is 1.99. The van der Waals surface area contributed by atoms with Crippen molar-refractivity contribution in [3.63, 3.8) is 0 Å². The summed E-state index contributed by atoms with van der Waals surface area (Å²) in [4.78, 5) is 0.555. The van der Waals surface area contributed by atoms with Gasteiger partial charge in [0.25, 0.3) is 0 Å². The fraction of sp³-hybridized carbons (Fsp3) is 1.00. The summed E-state index contributed by atoms with van der Waals surface area (Å²) in [6, 6.07) is -1.40. The molecule has 2 N–H and O–H groups in total. The monoisotopic (exact) mass is 226 g/mol. The van der Waals surface area contributed by atoms with E-state index in [1.54, 1.807) is 6.92 Å². The first kappa shape index (κ1) is 12.7. The van der Waals surface area contributed by atoms with E-state index in [1.807, 2.05) is 0 Å². The highest BCUT2D eigenvalue weighted by molar-refractivity contribution is 4.89. The van der Waals surface area contributed by atoms with Gasteiger partial charge in [-0.15, -0.1) is 0 Å². The molecule has 1 saturated heterocycles. The van der Waals surface area contributed by atoms with Crippen LogP contribution >= 0.6 is 0 Å². The maximum absolute atomic E-state index is 12.7. The van der Waals surface area contributed by atoms with E-state index in [0.29, 0.717) is 17.7 Å². The van der Waals surface area contributed by atoms with Crippen LogP contribution in [-0.4, -0.2) is 43.0 Å². The number of nitrogens with zero attached hydrogens (tertiary/aromatic N) is 1. The SMILES string of the molecule is COCC1CC(N)CC(C)N1C(F)(F)F. The number of piperidine rings is 1. The Morgan fingerprint density at radius 2 is 2.00 bits per heavy atom. The van der Waals surface area contributed by atoms with Crippen LogP contribution in [0.25, 0.3) is 0 Å². The quantitative estimate of drug-likeness (QED) is 0.722. The molecule has 1 heterocycles. The summed E-state index contributed by atoms with van der Waals surface area (Å²) in [6.45, 7) is 1.62. The van der Waals surface area contributed by atoms with Gasteiger partial charge in [0, 0.05) is 25.2 Å². The second kappa shape index (κ2) is 4.67. The van der Waals surface area contributed by atoms with Crippen molar-refractivity contribution in [2.75, 3.05) is 13.7 Å². The smallest absolute Gasteiger partial charge is 0.383 e. The highest BCUT2D eigenvalue weighted by Crippen LogP contribution is 2.33. The maximum Gasteiger partial charge on any atom is 0.460 e.